The van der Waals surface area contributed by atoms with Crippen LogP contribution in [0, 0.1) is 6.92 Å². The first-order chi connectivity index (χ1) is 7.54. The van der Waals surface area contributed by atoms with E-state index in [1.807, 2.05) is 27.7 Å². The molecule has 2 heterocycles. The summed E-state index contributed by atoms with van der Waals surface area (Å²) in [5.41, 5.74) is 1.59. The quantitative estimate of drug-likeness (QED) is 0.832. The third kappa shape index (κ3) is 1.52. The maximum Gasteiger partial charge on any atom is 0.256 e. The van der Waals surface area contributed by atoms with Crippen molar-refractivity contribution in [3.63, 3.8) is 0 Å². The summed E-state index contributed by atoms with van der Waals surface area (Å²) in [5, 5.41) is 4.35. The van der Waals surface area contributed by atoms with Crippen LogP contribution in [-0.2, 0) is 6.42 Å². The number of aromatic nitrogens is 4. The van der Waals surface area contributed by atoms with E-state index in [4.69, 9.17) is 0 Å². The number of aryl methyl sites for hydroxylation is 2. The van der Waals surface area contributed by atoms with Gasteiger partial charge in [0.1, 0.15) is 0 Å². The van der Waals surface area contributed by atoms with E-state index in [1.165, 1.54) is 0 Å². The zero-order chi connectivity index (χ0) is 11.9. The monoisotopic (exact) mass is 220 g/mol. The molecule has 0 aliphatic rings. The molecule has 0 amide bonds. The summed E-state index contributed by atoms with van der Waals surface area (Å²) < 4.78 is 1.72. The van der Waals surface area contributed by atoms with Crippen molar-refractivity contribution in [1.82, 2.24) is 19.6 Å². The van der Waals surface area contributed by atoms with Crippen LogP contribution in [0.5, 0.6) is 0 Å². The molecule has 0 aromatic carbocycles. The molecular weight excluding hydrogens is 204 g/mol. The maximum absolute atomic E-state index is 11.9. The van der Waals surface area contributed by atoms with E-state index >= 15 is 0 Å². The Bertz CT molecular complexity index is 579. The SMILES string of the molecule is CCc1nc2[nH]c(=O)c(C(C)C)c(C)n2n1. The van der Waals surface area contributed by atoms with E-state index in [-0.39, 0.29) is 11.5 Å². The Morgan fingerprint density at radius 3 is 2.69 bits per heavy atom. The minimum absolute atomic E-state index is 0.0601. The predicted molar refractivity (Wildman–Crippen MR) is 61.8 cm³/mol. The van der Waals surface area contributed by atoms with E-state index in [2.05, 4.69) is 15.1 Å². The van der Waals surface area contributed by atoms with Crippen molar-refractivity contribution in [3.8, 4) is 0 Å². The van der Waals surface area contributed by atoms with Crippen LogP contribution in [-0.4, -0.2) is 19.6 Å². The molecule has 0 unspecified atom stereocenters. The van der Waals surface area contributed by atoms with Gasteiger partial charge in [0, 0.05) is 12.0 Å². The van der Waals surface area contributed by atoms with Crippen molar-refractivity contribution in [2.24, 2.45) is 0 Å². The van der Waals surface area contributed by atoms with Crippen LogP contribution < -0.4 is 5.56 Å². The van der Waals surface area contributed by atoms with Gasteiger partial charge in [-0.2, -0.15) is 4.98 Å². The van der Waals surface area contributed by atoms with Crippen LogP contribution in [0.4, 0.5) is 0 Å². The molecule has 2 rings (SSSR count). The van der Waals surface area contributed by atoms with E-state index in [0.717, 1.165) is 23.5 Å². The number of hydrogen-bond acceptors (Lipinski definition) is 3. The number of hydrogen-bond donors (Lipinski definition) is 1. The van der Waals surface area contributed by atoms with Crippen molar-refractivity contribution in [2.75, 3.05) is 0 Å². The van der Waals surface area contributed by atoms with Gasteiger partial charge in [0.05, 0.1) is 5.69 Å². The number of nitrogens with one attached hydrogen (secondary N) is 1. The van der Waals surface area contributed by atoms with Crippen molar-refractivity contribution >= 4 is 5.78 Å². The molecule has 0 radical (unpaired) electrons. The van der Waals surface area contributed by atoms with Gasteiger partial charge in [-0.15, -0.1) is 5.10 Å². The minimum atomic E-state index is -0.0601. The number of rotatable bonds is 2. The highest BCUT2D eigenvalue weighted by Crippen LogP contribution is 2.14. The maximum atomic E-state index is 11.9. The second-order valence-corrected chi connectivity index (χ2v) is 4.22. The molecule has 5 nitrogen and oxygen atoms in total. The Labute approximate surface area is 93.5 Å². The zero-order valence-corrected chi connectivity index (χ0v) is 10.0. The molecule has 0 aliphatic carbocycles. The fourth-order valence-electron chi connectivity index (χ4n) is 1.95. The molecule has 1 N–H and O–H groups in total. The van der Waals surface area contributed by atoms with Gasteiger partial charge < -0.3 is 0 Å². The summed E-state index contributed by atoms with van der Waals surface area (Å²) in [6.45, 7) is 7.90. The Balaban J connectivity index is 2.81. The van der Waals surface area contributed by atoms with Gasteiger partial charge in [-0.3, -0.25) is 9.78 Å². The summed E-state index contributed by atoms with van der Waals surface area (Å²) in [6, 6.07) is 0. The highest BCUT2D eigenvalue weighted by atomic mass is 16.1. The first kappa shape index (κ1) is 10.9. The molecule has 2 aromatic heterocycles. The van der Waals surface area contributed by atoms with Crippen LogP contribution in [0.3, 0.4) is 0 Å². The van der Waals surface area contributed by atoms with E-state index in [1.54, 1.807) is 4.52 Å². The number of fused-ring (bicyclic) bond motifs is 1. The standard InChI is InChI=1S/C11H16N4O/c1-5-8-12-11-13-10(16)9(6(2)3)7(4)15(11)14-8/h6H,5H2,1-4H3,(H,12,13,14,16). The third-order valence-electron chi connectivity index (χ3n) is 2.72. The third-order valence-corrected chi connectivity index (χ3v) is 2.72. The van der Waals surface area contributed by atoms with Gasteiger partial charge in [0.15, 0.2) is 5.82 Å². The smallest absolute Gasteiger partial charge is 0.256 e. The number of aromatic amines is 1. The lowest BCUT2D eigenvalue weighted by atomic mass is 10.0. The topological polar surface area (TPSA) is 63.0 Å². The Kier molecular flexibility index (Phi) is 2.53. The normalized spacial score (nSPS) is 11.6. The van der Waals surface area contributed by atoms with E-state index in [9.17, 15) is 4.79 Å². The average molecular weight is 220 g/mol. The number of nitrogens with zero attached hydrogens (tertiary/aromatic N) is 3. The molecule has 0 spiro atoms. The van der Waals surface area contributed by atoms with Crippen LogP contribution in [0.1, 0.15) is 43.8 Å². The van der Waals surface area contributed by atoms with Crippen LogP contribution >= 0.6 is 0 Å². The largest absolute Gasteiger partial charge is 0.290 e. The van der Waals surface area contributed by atoms with Gasteiger partial charge in [-0.05, 0) is 12.8 Å². The lowest BCUT2D eigenvalue weighted by Crippen LogP contribution is -2.19. The van der Waals surface area contributed by atoms with Crippen LogP contribution in [0.2, 0.25) is 0 Å². The predicted octanol–water partition coefficient (Wildman–Crippen LogP) is 1.41. The van der Waals surface area contributed by atoms with Gasteiger partial charge in [0.25, 0.3) is 5.56 Å². The first-order valence-corrected chi connectivity index (χ1v) is 5.53. The van der Waals surface area contributed by atoms with Gasteiger partial charge in [-0.25, -0.2) is 4.52 Å². The second kappa shape index (κ2) is 3.73. The van der Waals surface area contributed by atoms with Gasteiger partial charge in [0.2, 0.25) is 5.78 Å². The summed E-state index contributed by atoms with van der Waals surface area (Å²) >= 11 is 0. The van der Waals surface area contributed by atoms with Gasteiger partial charge in [-0.1, -0.05) is 20.8 Å². The Morgan fingerprint density at radius 2 is 2.12 bits per heavy atom. The van der Waals surface area contributed by atoms with Crippen LogP contribution in [0.25, 0.3) is 5.78 Å². The molecule has 2 aromatic rings. The Hall–Kier alpha value is -1.65. The molecule has 0 saturated carbocycles. The first-order valence-electron chi connectivity index (χ1n) is 5.53. The molecule has 86 valence electrons. The average Bonchev–Trinajstić information content (AvgIpc) is 2.60. The summed E-state index contributed by atoms with van der Waals surface area (Å²) in [5.74, 6) is 1.46. The zero-order valence-electron chi connectivity index (χ0n) is 10.0. The van der Waals surface area contributed by atoms with E-state index < -0.39 is 0 Å². The summed E-state index contributed by atoms with van der Waals surface area (Å²) in [6.07, 6.45) is 0.764. The van der Waals surface area contributed by atoms with Crippen LogP contribution in [0.15, 0.2) is 4.79 Å². The van der Waals surface area contributed by atoms with Crippen molar-refractivity contribution in [2.45, 2.75) is 40.0 Å². The van der Waals surface area contributed by atoms with Crippen molar-refractivity contribution in [1.29, 1.82) is 0 Å². The molecular formula is C11H16N4O. The molecule has 0 aliphatic heterocycles. The second-order valence-electron chi connectivity index (χ2n) is 4.22. The molecule has 0 saturated heterocycles. The molecule has 16 heavy (non-hydrogen) atoms. The minimum Gasteiger partial charge on any atom is -0.290 e. The summed E-state index contributed by atoms with van der Waals surface area (Å²) in [4.78, 5) is 18.9. The number of H-pyrrole nitrogens is 1. The fraction of sp³-hybridized carbons (Fsp3) is 0.545. The molecule has 0 atom stereocenters. The highest BCUT2D eigenvalue weighted by molar-refractivity contribution is 5.33. The van der Waals surface area contributed by atoms with Crippen molar-refractivity contribution < 1.29 is 0 Å². The fourth-order valence-corrected chi connectivity index (χ4v) is 1.95. The van der Waals surface area contributed by atoms with Gasteiger partial charge >= 0.3 is 0 Å². The molecule has 0 bridgehead atoms. The Morgan fingerprint density at radius 1 is 1.44 bits per heavy atom. The lowest BCUT2D eigenvalue weighted by Gasteiger charge is -2.08. The van der Waals surface area contributed by atoms with Crippen molar-refractivity contribution in [3.05, 3.63) is 27.4 Å². The lowest BCUT2D eigenvalue weighted by molar-refractivity contribution is 0.771. The molecule has 5 heteroatoms. The van der Waals surface area contributed by atoms with E-state index in [0.29, 0.717) is 5.78 Å². The summed E-state index contributed by atoms with van der Waals surface area (Å²) in [7, 11) is 0. The molecule has 0 fully saturated rings. The highest BCUT2D eigenvalue weighted by Gasteiger charge is 2.14.